The molecule has 0 bridgehead atoms. The molecule has 0 saturated carbocycles. The molecule has 4 aromatic rings. The third-order valence-electron chi connectivity index (χ3n) is 8.79. The fourth-order valence-corrected chi connectivity index (χ4v) is 6.30. The lowest BCUT2D eigenvalue weighted by atomic mass is 9.91. The lowest BCUT2D eigenvalue weighted by molar-refractivity contribution is -0.137. The third kappa shape index (κ3) is 7.28. The molecule has 0 aliphatic carbocycles. The molecule has 13 nitrogen and oxygen atoms in total. The molecule has 2 aromatic carbocycles. The molecule has 2 fully saturated rings. The van der Waals surface area contributed by atoms with E-state index in [2.05, 4.69) is 60.1 Å². The number of likely N-dealkylation sites (N-methyl/N-ethyl adjacent to an activating group) is 1. The second kappa shape index (κ2) is 15.0. The second-order valence-corrected chi connectivity index (χ2v) is 12.0. The van der Waals surface area contributed by atoms with Gasteiger partial charge in [-0.05, 0) is 44.0 Å². The number of nitrogens with zero attached hydrogens (tertiary/aromatic N) is 5. The molecule has 47 heavy (non-hydrogen) atoms. The number of carbonyl (C=O) groups is 2. The van der Waals surface area contributed by atoms with E-state index in [4.69, 9.17) is 4.74 Å². The number of carbonyl (C=O) groups excluding carboxylic acids is 2. The number of aliphatic hydroxyl groups is 2. The molecule has 13 heteroatoms. The van der Waals surface area contributed by atoms with E-state index in [0.29, 0.717) is 31.0 Å². The molecule has 2 amide bonds. The molecule has 2 aliphatic rings. The maximum Gasteiger partial charge on any atom is 0.289 e. The summed E-state index contributed by atoms with van der Waals surface area (Å²) in [4.78, 5) is 42.1. The summed E-state index contributed by atoms with van der Waals surface area (Å²) in [7, 11) is 0. The quantitative estimate of drug-likeness (QED) is 0.154. The van der Waals surface area contributed by atoms with Crippen LogP contribution in [0.4, 0.5) is 5.82 Å². The predicted octanol–water partition coefficient (Wildman–Crippen LogP) is 2.04. The molecule has 0 unspecified atom stereocenters. The Kier molecular flexibility index (Phi) is 10.4. The van der Waals surface area contributed by atoms with E-state index in [0.717, 1.165) is 43.6 Å². The van der Waals surface area contributed by atoms with Crippen molar-refractivity contribution in [3.63, 3.8) is 0 Å². The first-order valence-electron chi connectivity index (χ1n) is 16.3. The van der Waals surface area contributed by atoms with E-state index in [-0.39, 0.29) is 17.4 Å². The number of fused-ring (bicyclic) bond motifs is 1. The lowest BCUT2D eigenvalue weighted by Crippen LogP contribution is -2.42. The van der Waals surface area contributed by atoms with Gasteiger partial charge in [0, 0.05) is 32.1 Å². The monoisotopic (exact) mass is 642 g/mol. The highest BCUT2D eigenvalue weighted by Gasteiger charge is 2.47. The Morgan fingerprint density at radius 3 is 2.28 bits per heavy atom. The minimum atomic E-state index is -1.47. The van der Waals surface area contributed by atoms with Crippen LogP contribution in [0, 0.1) is 0 Å². The van der Waals surface area contributed by atoms with Crippen molar-refractivity contribution in [1.82, 2.24) is 35.1 Å². The van der Waals surface area contributed by atoms with Crippen LogP contribution in [0.5, 0.6) is 0 Å². The summed E-state index contributed by atoms with van der Waals surface area (Å²) in [5, 5.41) is 30.6. The Bertz CT molecular complexity index is 1610. The average molecular weight is 643 g/mol. The summed E-state index contributed by atoms with van der Waals surface area (Å²) in [6.07, 6.45) is -0.434. The summed E-state index contributed by atoms with van der Waals surface area (Å²) in [5.41, 5.74) is 2.77. The van der Waals surface area contributed by atoms with Crippen molar-refractivity contribution < 1.29 is 24.5 Å². The number of likely N-dealkylation sites (tertiary alicyclic amines) is 1. The van der Waals surface area contributed by atoms with Crippen molar-refractivity contribution in [3.8, 4) is 0 Å². The van der Waals surface area contributed by atoms with Gasteiger partial charge in [0.1, 0.15) is 12.2 Å². The van der Waals surface area contributed by atoms with Crippen LogP contribution in [0.3, 0.4) is 0 Å². The number of nitrogens with one attached hydrogen (secondary N) is 3. The zero-order valence-corrected chi connectivity index (χ0v) is 26.5. The molecular weight excluding hydrogens is 600 g/mol. The van der Waals surface area contributed by atoms with Gasteiger partial charge in [0.2, 0.25) is 5.82 Å². The van der Waals surface area contributed by atoms with Crippen LogP contribution >= 0.6 is 0 Å². The second-order valence-electron chi connectivity index (χ2n) is 12.0. The van der Waals surface area contributed by atoms with Crippen molar-refractivity contribution in [3.05, 3.63) is 83.9 Å². The van der Waals surface area contributed by atoms with Crippen LogP contribution in [0.15, 0.2) is 67.0 Å². The number of ether oxygens (including phenoxy) is 1. The lowest BCUT2D eigenvalue weighted by Gasteiger charge is -2.26. The van der Waals surface area contributed by atoms with Crippen LogP contribution in [-0.2, 0) is 9.53 Å². The highest BCUT2D eigenvalue weighted by molar-refractivity contribution is 5.94. The highest BCUT2D eigenvalue weighted by Crippen LogP contribution is 2.33. The number of rotatable bonds is 12. The largest absolute Gasteiger partial charge is 0.387 e. The molecule has 0 radical (unpaired) electrons. The fraction of sp³-hybridized carbons (Fsp3) is 0.441. The Morgan fingerprint density at radius 1 is 0.936 bits per heavy atom. The van der Waals surface area contributed by atoms with Gasteiger partial charge in [-0.1, -0.05) is 67.1 Å². The van der Waals surface area contributed by atoms with Crippen LogP contribution in [-0.4, -0.2) is 104 Å². The Morgan fingerprint density at radius 2 is 1.62 bits per heavy atom. The summed E-state index contributed by atoms with van der Waals surface area (Å²) < 4.78 is 7.30. The molecular formula is C34H42N8O5. The van der Waals surface area contributed by atoms with E-state index in [9.17, 15) is 19.8 Å². The number of anilines is 1. The molecule has 2 saturated heterocycles. The van der Waals surface area contributed by atoms with Crippen LogP contribution in [0.25, 0.3) is 11.2 Å². The van der Waals surface area contributed by atoms with Crippen LogP contribution in [0.1, 0.15) is 60.1 Å². The minimum absolute atomic E-state index is 0.0423. The first kappa shape index (κ1) is 32.5. The van der Waals surface area contributed by atoms with E-state index in [1.807, 2.05) is 36.4 Å². The molecule has 248 valence electrons. The molecule has 4 heterocycles. The summed E-state index contributed by atoms with van der Waals surface area (Å²) in [6.45, 7) is 5.73. The number of hydrogen-bond acceptors (Lipinski definition) is 10. The molecule has 0 spiro atoms. The van der Waals surface area contributed by atoms with Gasteiger partial charge in [0.05, 0.1) is 6.33 Å². The van der Waals surface area contributed by atoms with E-state index >= 15 is 0 Å². The van der Waals surface area contributed by atoms with Crippen LogP contribution < -0.4 is 16.0 Å². The van der Waals surface area contributed by atoms with Crippen molar-refractivity contribution in [2.24, 2.45) is 0 Å². The zero-order valence-electron chi connectivity index (χ0n) is 26.5. The molecule has 5 N–H and O–H groups in total. The molecule has 2 aromatic heterocycles. The smallest absolute Gasteiger partial charge is 0.289 e. The summed E-state index contributed by atoms with van der Waals surface area (Å²) >= 11 is 0. The van der Waals surface area contributed by atoms with Crippen LogP contribution in [0.2, 0.25) is 0 Å². The zero-order chi connectivity index (χ0) is 32.8. The SMILES string of the molecule is CCNC(=O)[C@H]1O[C@@H](n2cnc3c(NCC(c4ccccc4)c4ccccc4)nc(C(=O)NCCN4CCCCC4)nc32)[C@H](O)[C@@H]1O. The number of aromatic nitrogens is 4. The van der Waals surface area contributed by atoms with Crippen molar-refractivity contribution >= 4 is 28.8 Å². The molecule has 4 atom stereocenters. The summed E-state index contributed by atoms with van der Waals surface area (Å²) in [6, 6.07) is 20.2. The number of imidazole rings is 1. The minimum Gasteiger partial charge on any atom is -0.387 e. The van der Waals surface area contributed by atoms with Gasteiger partial charge in [0.15, 0.2) is 29.3 Å². The number of amides is 2. The van der Waals surface area contributed by atoms with Crippen molar-refractivity contribution in [2.45, 2.75) is 56.6 Å². The topological polar surface area (TPSA) is 167 Å². The standard InChI is InChI=1S/C34H42N8O5/c1-2-35-32(45)28-26(43)27(44)34(47-28)42-21-38-25-29(37-20-24(22-12-6-3-7-13-22)23-14-8-4-9-15-23)39-30(40-31(25)42)33(46)36-16-19-41-17-10-5-11-18-41/h3-4,6-9,12-15,21,24,26-28,34,43-44H,2,5,10-11,16-20H2,1H3,(H,35,45)(H,36,46)(H,37,39,40)/t26-,27+,28-,34+/m0/s1. The maximum absolute atomic E-state index is 13.5. The molecule has 6 rings (SSSR count). The van der Waals surface area contributed by atoms with E-state index in [1.54, 1.807) is 6.92 Å². The summed E-state index contributed by atoms with van der Waals surface area (Å²) in [5.74, 6) is -0.774. The van der Waals surface area contributed by atoms with E-state index in [1.165, 1.54) is 17.3 Å². The Hall–Kier alpha value is -4.43. The predicted molar refractivity (Wildman–Crippen MR) is 176 cm³/mol. The first-order valence-corrected chi connectivity index (χ1v) is 16.3. The maximum atomic E-state index is 13.5. The van der Waals surface area contributed by atoms with Gasteiger partial charge >= 0.3 is 0 Å². The Balaban J connectivity index is 1.31. The van der Waals surface area contributed by atoms with Gasteiger partial charge < -0.3 is 35.8 Å². The number of hydrogen-bond donors (Lipinski definition) is 5. The van der Waals surface area contributed by atoms with Gasteiger partial charge in [-0.25, -0.2) is 15.0 Å². The number of piperidine rings is 1. The fourth-order valence-electron chi connectivity index (χ4n) is 6.30. The van der Waals surface area contributed by atoms with E-state index < -0.39 is 36.4 Å². The average Bonchev–Trinajstić information content (AvgIpc) is 3.66. The van der Waals surface area contributed by atoms with Crippen molar-refractivity contribution in [2.75, 3.05) is 44.6 Å². The van der Waals surface area contributed by atoms with Crippen molar-refractivity contribution in [1.29, 1.82) is 0 Å². The number of aliphatic hydroxyl groups excluding tert-OH is 2. The number of benzene rings is 2. The first-order chi connectivity index (χ1) is 22.9. The highest BCUT2D eigenvalue weighted by atomic mass is 16.6. The molecule has 2 aliphatic heterocycles. The van der Waals surface area contributed by atoms with Gasteiger partial charge in [-0.2, -0.15) is 0 Å². The van der Waals surface area contributed by atoms with Gasteiger partial charge in [0.25, 0.3) is 11.8 Å². The van der Waals surface area contributed by atoms with Gasteiger partial charge in [-0.3, -0.25) is 14.2 Å². The van der Waals surface area contributed by atoms with Gasteiger partial charge in [-0.15, -0.1) is 0 Å². The third-order valence-corrected chi connectivity index (χ3v) is 8.79. The normalized spacial score (nSPS) is 21.6. The Labute approximate surface area is 273 Å².